The van der Waals surface area contributed by atoms with Crippen LogP contribution in [0.25, 0.3) is 0 Å². The summed E-state index contributed by atoms with van der Waals surface area (Å²) in [5.74, 6) is 2.12. The number of aryl methyl sites for hydroxylation is 1. The summed E-state index contributed by atoms with van der Waals surface area (Å²) in [6.45, 7) is 10.4. The van der Waals surface area contributed by atoms with Gasteiger partial charge in [0.15, 0.2) is 0 Å². The lowest BCUT2D eigenvalue weighted by Gasteiger charge is -2.35. The molecule has 0 bridgehead atoms. The van der Waals surface area contributed by atoms with Gasteiger partial charge in [0, 0.05) is 26.2 Å². The van der Waals surface area contributed by atoms with Gasteiger partial charge in [-0.2, -0.15) is 0 Å². The van der Waals surface area contributed by atoms with Crippen molar-refractivity contribution in [3.05, 3.63) is 59.0 Å². The number of amides is 1. The highest BCUT2D eigenvalue weighted by molar-refractivity contribution is 5.94. The molecule has 1 aliphatic heterocycles. The van der Waals surface area contributed by atoms with Gasteiger partial charge in [0.05, 0.1) is 11.8 Å². The van der Waals surface area contributed by atoms with Crippen LogP contribution < -0.4 is 5.32 Å². The third kappa shape index (κ3) is 4.73. The molecular formula is C21H28N2O2. The molecule has 2 heterocycles. The first-order chi connectivity index (χ1) is 12.0. The fraction of sp³-hybridized carbons (Fsp3) is 0.476. The Bertz CT molecular complexity index is 695. The summed E-state index contributed by atoms with van der Waals surface area (Å²) in [7, 11) is 0. The molecule has 4 nitrogen and oxygen atoms in total. The summed E-state index contributed by atoms with van der Waals surface area (Å²) in [6, 6.07) is 10.3. The van der Waals surface area contributed by atoms with E-state index >= 15 is 0 Å². The second-order valence-electron chi connectivity index (χ2n) is 7.53. The Morgan fingerprint density at radius 1 is 1.12 bits per heavy atom. The average molecular weight is 340 g/mol. The van der Waals surface area contributed by atoms with Crippen LogP contribution in [0.2, 0.25) is 0 Å². The number of rotatable bonds is 5. The fourth-order valence-corrected chi connectivity index (χ4v) is 3.84. The molecular weight excluding hydrogens is 312 g/mol. The zero-order valence-corrected chi connectivity index (χ0v) is 15.4. The smallest absolute Gasteiger partial charge is 0.255 e. The molecule has 2 atom stereocenters. The Morgan fingerprint density at radius 2 is 1.76 bits per heavy atom. The lowest BCUT2D eigenvalue weighted by atomic mass is 9.91. The van der Waals surface area contributed by atoms with Crippen molar-refractivity contribution >= 4 is 5.91 Å². The van der Waals surface area contributed by atoms with Crippen molar-refractivity contribution in [1.29, 1.82) is 0 Å². The molecule has 134 valence electrons. The fourth-order valence-electron chi connectivity index (χ4n) is 3.84. The van der Waals surface area contributed by atoms with E-state index in [1.165, 1.54) is 25.1 Å². The van der Waals surface area contributed by atoms with Crippen molar-refractivity contribution in [2.45, 2.75) is 40.3 Å². The van der Waals surface area contributed by atoms with E-state index in [1.54, 1.807) is 19.3 Å². The normalized spacial score (nSPS) is 21.2. The summed E-state index contributed by atoms with van der Waals surface area (Å²) >= 11 is 0. The summed E-state index contributed by atoms with van der Waals surface area (Å²) in [4.78, 5) is 14.7. The quantitative estimate of drug-likeness (QED) is 0.895. The second-order valence-corrected chi connectivity index (χ2v) is 7.53. The van der Waals surface area contributed by atoms with Crippen LogP contribution in [0.15, 0.2) is 41.0 Å². The zero-order valence-electron chi connectivity index (χ0n) is 15.4. The van der Waals surface area contributed by atoms with Crippen molar-refractivity contribution < 1.29 is 9.21 Å². The molecule has 0 saturated carbocycles. The molecule has 25 heavy (non-hydrogen) atoms. The monoisotopic (exact) mass is 340 g/mol. The molecule has 4 heteroatoms. The van der Waals surface area contributed by atoms with E-state index in [9.17, 15) is 4.79 Å². The van der Waals surface area contributed by atoms with Crippen LogP contribution in [0, 0.1) is 18.8 Å². The molecule has 0 unspecified atom stereocenters. The molecule has 1 N–H and O–H groups in total. The van der Waals surface area contributed by atoms with Gasteiger partial charge in [-0.25, -0.2) is 0 Å². The third-order valence-corrected chi connectivity index (χ3v) is 4.93. The SMILES string of the molecule is Cc1occc1C(=O)NCc1ccc(CN2C[C@@H](C)C[C@H](C)C2)cc1. The molecule has 1 amide bonds. The van der Waals surface area contributed by atoms with Gasteiger partial charge in [0.1, 0.15) is 5.76 Å². The van der Waals surface area contributed by atoms with E-state index in [0.717, 1.165) is 23.9 Å². The van der Waals surface area contributed by atoms with E-state index in [0.29, 0.717) is 17.9 Å². The average Bonchev–Trinajstić information content (AvgIpc) is 2.99. The van der Waals surface area contributed by atoms with Crippen molar-refractivity contribution in [1.82, 2.24) is 10.2 Å². The number of hydrogen-bond acceptors (Lipinski definition) is 3. The van der Waals surface area contributed by atoms with Crippen LogP contribution in [-0.2, 0) is 13.1 Å². The van der Waals surface area contributed by atoms with Gasteiger partial charge in [-0.3, -0.25) is 9.69 Å². The molecule has 1 aliphatic rings. The number of nitrogens with one attached hydrogen (secondary N) is 1. The van der Waals surface area contributed by atoms with E-state index in [4.69, 9.17) is 4.42 Å². The molecule has 0 aliphatic carbocycles. The number of piperidine rings is 1. The second kappa shape index (κ2) is 7.87. The lowest BCUT2D eigenvalue weighted by Crippen LogP contribution is -2.38. The molecule has 0 spiro atoms. The summed E-state index contributed by atoms with van der Waals surface area (Å²) in [5, 5.41) is 2.95. The number of furan rings is 1. The van der Waals surface area contributed by atoms with Crippen LogP contribution >= 0.6 is 0 Å². The number of likely N-dealkylation sites (tertiary alicyclic amines) is 1. The van der Waals surface area contributed by atoms with Gasteiger partial charge in [-0.15, -0.1) is 0 Å². The highest BCUT2D eigenvalue weighted by Crippen LogP contribution is 2.22. The van der Waals surface area contributed by atoms with Crippen LogP contribution in [-0.4, -0.2) is 23.9 Å². The summed E-state index contributed by atoms with van der Waals surface area (Å²) in [5.41, 5.74) is 3.05. The van der Waals surface area contributed by atoms with E-state index in [1.807, 2.05) is 0 Å². The molecule has 0 radical (unpaired) electrons. The number of carbonyl (C=O) groups is 1. The van der Waals surface area contributed by atoms with Gasteiger partial charge in [0.25, 0.3) is 5.91 Å². The first kappa shape index (κ1) is 17.7. The van der Waals surface area contributed by atoms with Gasteiger partial charge in [-0.05, 0) is 42.4 Å². The molecule has 3 rings (SSSR count). The largest absolute Gasteiger partial charge is 0.469 e. The highest BCUT2D eigenvalue weighted by Gasteiger charge is 2.21. The Hall–Kier alpha value is -2.07. The van der Waals surface area contributed by atoms with Crippen molar-refractivity contribution in [2.24, 2.45) is 11.8 Å². The number of nitrogens with zero attached hydrogens (tertiary/aromatic N) is 1. The predicted octanol–water partition coefficient (Wildman–Crippen LogP) is 4.00. The Morgan fingerprint density at radius 3 is 2.36 bits per heavy atom. The van der Waals surface area contributed by atoms with Crippen molar-refractivity contribution in [2.75, 3.05) is 13.1 Å². The minimum absolute atomic E-state index is 0.0911. The minimum Gasteiger partial charge on any atom is -0.469 e. The Balaban J connectivity index is 1.52. The lowest BCUT2D eigenvalue weighted by molar-refractivity contribution is 0.0949. The molecule has 2 aromatic rings. The van der Waals surface area contributed by atoms with Crippen molar-refractivity contribution in [3.63, 3.8) is 0 Å². The number of carbonyl (C=O) groups excluding carboxylic acids is 1. The van der Waals surface area contributed by atoms with Crippen LogP contribution in [0.5, 0.6) is 0 Å². The number of benzene rings is 1. The van der Waals surface area contributed by atoms with E-state index in [-0.39, 0.29) is 5.91 Å². The van der Waals surface area contributed by atoms with Gasteiger partial charge < -0.3 is 9.73 Å². The maximum Gasteiger partial charge on any atom is 0.255 e. The topological polar surface area (TPSA) is 45.5 Å². The van der Waals surface area contributed by atoms with Crippen LogP contribution in [0.3, 0.4) is 0 Å². The Kier molecular flexibility index (Phi) is 5.59. The molecule has 1 aromatic heterocycles. The maximum atomic E-state index is 12.1. The van der Waals surface area contributed by atoms with Crippen molar-refractivity contribution in [3.8, 4) is 0 Å². The van der Waals surface area contributed by atoms with E-state index in [2.05, 4.69) is 48.3 Å². The predicted molar refractivity (Wildman–Crippen MR) is 99.3 cm³/mol. The maximum absolute atomic E-state index is 12.1. The van der Waals surface area contributed by atoms with Crippen LogP contribution in [0.4, 0.5) is 0 Å². The summed E-state index contributed by atoms with van der Waals surface area (Å²) < 4.78 is 5.18. The molecule has 1 aromatic carbocycles. The zero-order chi connectivity index (χ0) is 17.8. The first-order valence-corrected chi connectivity index (χ1v) is 9.13. The van der Waals surface area contributed by atoms with Gasteiger partial charge in [-0.1, -0.05) is 38.1 Å². The highest BCUT2D eigenvalue weighted by atomic mass is 16.3. The van der Waals surface area contributed by atoms with Crippen LogP contribution in [0.1, 0.15) is 47.5 Å². The standard InChI is InChI=1S/C21H28N2O2/c1-15-10-16(2)13-23(12-15)14-19-6-4-18(5-7-19)11-22-21(24)20-8-9-25-17(20)3/h4-9,15-16H,10-14H2,1-3H3,(H,22,24)/t15-,16-/m0/s1. The van der Waals surface area contributed by atoms with Gasteiger partial charge >= 0.3 is 0 Å². The minimum atomic E-state index is -0.0911. The number of hydrogen-bond donors (Lipinski definition) is 1. The third-order valence-electron chi connectivity index (χ3n) is 4.93. The summed E-state index contributed by atoms with van der Waals surface area (Å²) in [6.07, 6.45) is 2.88. The molecule has 1 fully saturated rings. The van der Waals surface area contributed by atoms with E-state index < -0.39 is 0 Å². The Labute approximate surface area is 150 Å². The molecule has 1 saturated heterocycles. The first-order valence-electron chi connectivity index (χ1n) is 9.13. The van der Waals surface area contributed by atoms with Gasteiger partial charge in [0.2, 0.25) is 0 Å².